The van der Waals surface area contributed by atoms with Gasteiger partial charge in [0.05, 0.1) is 16.2 Å². The maximum atomic E-state index is 12.4. The number of hydrogen-bond donors (Lipinski definition) is 0. The first-order valence-electron chi connectivity index (χ1n) is 5.00. The number of nitro groups is 1. The first-order chi connectivity index (χ1) is 9.32. The summed E-state index contributed by atoms with van der Waals surface area (Å²) < 4.78 is 37.9. The zero-order valence-corrected chi connectivity index (χ0v) is 9.50. The Bertz CT molecular complexity index is 716. The summed E-state index contributed by atoms with van der Waals surface area (Å²) >= 11 is 0. The number of nitrogens with zero attached hydrogens (tertiary/aromatic N) is 5. The molecule has 0 bridgehead atoms. The number of non-ortho nitro benzene ring substituents is 1. The molecule has 10 heteroatoms. The van der Waals surface area contributed by atoms with Gasteiger partial charge in [-0.15, -0.1) is 5.10 Å². The predicted molar refractivity (Wildman–Crippen MR) is 57.7 cm³/mol. The van der Waals surface area contributed by atoms with Gasteiger partial charge in [0, 0.05) is 12.1 Å². The van der Waals surface area contributed by atoms with E-state index in [4.69, 9.17) is 5.26 Å². The Balaban J connectivity index is 2.51. The third-order valence-corrected chi connectivity index (χ3v) is 2.30. The number of benzene rings is 1. The van der Waals surface area contributed by atoms with Gasteiger partial charge in [0.25, 0.3) is 11.5 Å². The van der Waals surface area contributed by atoms with Crippen molar-refractivity contribution in [2.45, 2.75) is 6.18 Å². The van der Waals surface area contributed by atoms with E-state index < -0.39 is 16.9 Å². The summed E-state index contributed by atoms with van der Waals surface area (Å²) in [5.41, 5.74) is -0.555. The van der Waals surface area contributed by atoms with Crippen LogP contribution in [0.2, 0.25) is 0 Å². The number of rotatable bonds is 2. The van der Waals surface area contributed by atoms with Crippen LogP contribution in [-0.4, -0.2) is 19.7 Å². The van der Waals surface area contributed by atoms with E-state index in [-0.39, 0.29) is 16.9 Å². The van der Waals surface area contributed by atoms with Crippen molar-refractivity contribution in [2.75, 3.05) is 0 Å². The molecular formula is C10H4F3N5O2. The number of nitro benzene ring substituents is 1. The van der Waals surface area contributed by atoms with Gasteiger partial charge in [0.2, 0.25) is 0 Å². The number of hydrogen-bond acceptors (Lipinski definition) is 5. The van der Waals surface area contributed by atoms with Gasteiger partial charge in [-0.2, -0.15) is 18.4 Å². The van der Waals surface area contributed by atoms with Crippen LogP contribution in [0.15, 0.2) is 24.5 Å². The van der Waals surface area contributed by atoms with E-state index in [1.54, 1.807) is 6.07 Å². The number of alkyl halides is 3. The molecular weight excluding hydrogens is 279 g/mol. The summed E-state index contributed by atoms with van der Waals surface area (Å²) in [6.07, 6.45) is -3.93. The molecule has 7 nitrogen and oxygen atoms in total. The molecule has 1 heterocycles. The zero-order valence-electron chi connectivity index (χ0n) is 9.50. The van der Waals surface area contributed by atoms with Crippen LogP contribution in [0, 0.1) is 21.4 Å². The number of nitriles is 1. The number of aromatic nitrogens is 3. The van der Waals surface area contributed by atoms with Crippen LogP contribution in [-0.2, 0) is 6.18 Å². The van der Waals surface area contributed by atoms with Gasteiger partial charge < -0.3 is 0 Å². The molecule has 0 spiro atoms. The molecule has 2 aromatic rings. The minimum absolute atomic E-state index is 0.0268. The highest BCUT2D eigenvalue weighted by Crippen LogP contribution is 2.27. The Kier molecular flexibility index (Phi) is 3.11. The first kappa shape index (κ1) is 13.5. The minimum Gasteiger partial charge on any atom is -0.258 e. The maximum Gasteiger partial charge on any atom is 0.453 e. The van der Waals surface area contributed by atoms with Gasteiger partial charge in [-0.05, 0) is 6.07 Å². The van der Waals surface area contributed by atoms with E-state index in [0.717, 1.165) is 29.2 Å². The Morgan fingerprint density at radius 1 is 1.40 bits per heavy atom. The molecule has 0 fully saturated rings. The van der Waals surface area contributed by atoms with Gasteiger partial charge in [0.1, 0.15) is 12.4 Å². The SMILES string of the molecule is N#Cc1cc([N+](=O)[O-])ccc1-n1cnc(C(F)(F)F)n1. The summed E-state index contributed by atoms with van der Waals surface area (Å²) in [6.45, 7) is 0. The van der Waals surface area contributed by atoms with Crippen LogP contribution >= 0.6 is 0 Å². The second-order valence-electron chi connectivity index (χ2n) is 3.58. The second kappa shape index (κ2) is 4.61. The Morgan fingerprint density at radius 3 is 2.60 bits per heavy atom. The highest BCUT2D eigenvalue weighted by atomic mass is 19.4. The van der Waals surface area contributed by atoms with Crippen LogP contribution in [0.4, 0.5) is 18.9 Å². The first-order valence-corrected chi connectivity index (χ1v) is 5.00. The minimum atomic E-state index is -4.71. The lowest BCUT2D eigenvalue weighted by Crippen LogP contribution is -2.09. The zero-order chi connectivity index (χ0) is 14.9. The van der Waals surface area contributed by atoms with Crippen molar-refractivity contribution in [2.24, 2.45) is 0 Å². The predicted octanol–water partition coefficient (Wildman–Crippen LogP) is 2.07. The standard InChI is InChI=1S/C10H4F3N5O2/c11-10(12,13)9-15-5-17(16-9)8-2-1-7(18(19)20)3-6(8)4-14/h1-3,5H. The molecule has 20 heavy (non-hydrogen) atoms. The Labute approximate surface area is 109 Å². The largest absolute Gasteiger partial charge is 0.453 e. The lowest BCUT2D eigenvalue weighted by atomic mass is 10.2. The molecule has 2 rings (SSSR count). The van der Waals surface area contributed by atoms with Crippen molar-refractivity contribution in [3.8, 4) is 11.8 Å². The Morgan fingerprint density at radius 2 is 2.10 bits per heavy atom. The summed E-state index contributed by atoms with van der Waals surface area (Å²) in [4.78, 5) is 12.9. The van der Waals surface area contributed by atoms with Crippen LogP contribution in [0.25, 0.3) is 5.69 Å². The van der Waals surface area contributed by atoms with Crippen molar-refractivity contribution in [1.82, 2.24) is 14.8 Å². The van der Waals surface area contributed by atoms with Crippen molar-refractivity contribution in [3.05, 3.63) is 46.0 Å². The molecule has 0 saturated heterocycles. The Hall–Kier alpha value is -2.96. The van der Waals surface area contributed by atoms with Crippen LogP contribution in [0.3, 0.4) is 0 Å². The van der Waals surface area contributed by atoms with Gasteiger partial charge >= 0.3 is 6.18 Å². The van der Waals surface area contributed by atoms with E-state index in [0.29, 0.717) is 0 Å². The molecule has 0 atom stereocenters. The van der Waals surface area contributed by atoms with Crippen LogP contribution in [0.1, 0.15) is 11.4 Å². The fourth-order valence-electron chi connectivity index (χ4n) is 1.44. The molecule has 1 aromatic heterocycles. The van der Waals surface area contributed by atoms with Gasteiger partial charge in [-0.1, -0.05) is 0 Å². The molecule has 0 aliphatic heterocycles. The summed E-state index contributed by atoms with van der Waals surface area (Å²) in [5, 5.41) is 22.7. The van der Waals surface area contributed by atoms with Crippen molar-refractivity contribution in [3.63, 3.8) is 0 Å². The molecule has 0 unspecified atom stereocenters. The number of halogens is 3. The highest BCUT2D eigenvalue weighted by molar-refractivity contribution is 5.53. The van der Waals surface area contributed by atoms with E-state index in [9.17, 15) is 23.3 Å². The average molecular weight is 283 g/mol. The van der Waals surface area contributed by atoms with Crippen molar-refractivity contribution in [1.29, 1.82) is 5.26 Å². The average Bonchev–Trinajstić information content (AvgIpc) is 2.87. The monoisotopic (exact) mass is 283 g/mol. The van der Waals surface area contributed by atoms with Crippen molar-refractivity contribution >= 4 is 5.69 Å². The van der Waals surface area contributed by atoms with Crippen molar-refractivity contribution < 1.29 is 18.1 Å². The van der Waals surface area contributed by atoms with Gasteiger partial charge in [-0.25, -0.2) is 9.67 Å². The highest BCUT2D eigenvalue weighted by Gasteiger charge is 2.36. The van der Waals surface area contributed by atoms with Gasteiger partial charge in [-0.3, -0.25) is 10.1 Å². The smallest absolute Gasteiger partial charge is 0.258 e. The maximum absolute atomic E-state index is 12.4. The molecule has 102 valence electrons. The second-order valence-corrected chi connectivity index (χ2v) is 3.58. The van der Waals surface area contributed by atoms with Crippen LogP contribution < -0.4 is 0 Å². The molecule has 0 aliphatic rings. The quantitative estimate of drug-likeness (QED) is 0.620. The normalized spacial score (nSPS) is 11.1. The summed E-state index contributed by atoms with van der Waals surface area (Å²) in [5.74, 6) is -1.36. The lowest BCUT2D eigenvalue weighted by molar-refractivity contribution is -0.384. The molecule has 0 amide bonds. The van der Waals surface area contributed by atoms with E-state index in [2.05, 4.69) is 10.1 Å². The third-order valence-electron chi connectivity index (χ3n) is 2.30. The molecule has 0 saturated carbocycles. The fraction of sp³-hybridized carbons (Fsp3) is 0.100. The van der Waals surface area contributed by atoms with E-state index >= 15 is 0 Å². The molecule has 0 radical (unpaired) electrons. The van der Waals surface area contributed by atoms with Gasteiger partial charge in [0.15, 0.2) is 0 Å². The van der Waals surface area contributed by atoms with E-state index in [1.807, 2.05) is 0 Å². The molecule has 0 aliphatic carbocycles. The lowest BCUT2D eigenvalue weighted by Gasteiger charge is -2.03. The molecule has 0 N–H and O–H groups in total. The van der Waals surface area contributed by atoms with Crippen LogP contribution in [0.5, 0.6) is 0 Å². The molecule has 1 aromatic carbocycles. The summed E-state index contributed by atoms with van der Waals surface area (Å²) in [7, 11) is 0. The topological polar surface area (TPSA) is 97.6 Å². The summed E-state index contributed by atoms with van der Waals surface area (Å²) in [6, 6.07) is 4.80. The van der Waals surface area contributed by atoms with E-state index in [1.165, 1.54) is 0 Å². The third kappa shape index (κ3) is 2.41. The fourth-order valence-corrected chi connectivity index (χ4v) is 1.44.